The molecule has 0 saturated heterocycles. The van der Waals surface area contributed by atoms with Crippen molar-refractivity contribution in [1.82, 2.24) is 15.0 Å². The van der Waals surface area contributed by atoms with Crippen LogP contribution in [0.4, 0.5) is 0 Å². The van der Waals surface area contributed by atoms with Crippen LogP contribution in [0.1, 0.15) is 24.8 Å². The van der Waals surface area contributed by atoms with E-state index in [9.17, 15) is 4.79 Å². The Morgan fingerprint density at radius 3 is 2.58 bits per heavy atom. The summed E-state index contributed by atoms with van der Waals surface area (Å²) in [6.45, 7) is 4.02. The standard InChI is InChI=1S/C23H27N3O5/c1-6-18(30-19-10-8-7-9-15(19)2)23(27)26(3)14-21-24-22(25-31-21)17-12-11-16(28-4)13-20(17)29-5/h7-13,18H,6,14H2,1-5H3/t18-/m0/s1. The third-order valence-corrected chi connectivity index (χ3v) is 4.88. The summed E-state index contributed by atoms with van der Waals surface area (Å²) < 4.78 is 21.9. The number of aryl methyl sites for hydroxylation is 1. The molecule has 1 aromatic heterocycles. The summed E-state index contributed by atoms with van der Waals surface area (Å²) >= 11 is 0. The molecule has 31 heavy (non-hydrogen) atoms. The van der Waals surface area contributed by atoms with E-state index in [1.165, 1.54) is 4.90 Å². The van der Waals surface area contributed by atoms with Crippen molar-refractivity contribution in [3.63, 3.8) is 0 Å². The van der Waals surface area contributed by atoms with Crippen molar-refractivity contribution in [2.24, 2.45) is 0 Å². The molecule has 0 fully saturated rings. The second-order valence-electron chi connectivity index (χ2n) is 7.05. The first kappa shape index (κ1) is 22.1. The van der Waals surface area contributed by atoms with Crippen LogP contribution in [0.25, 0.3) is 11.4 Å². The lowest BCUT2D eigenvalue weighted by molar-refractivity contribution is -0.138. The van der Waals surface area contributed by atoms with Crippen LogP contribution in [-0.2, 0) is 11.3 Å². The number of benzene rings is 2. The molecule has 0 aliphatic heterocycles. The Kier molecular flexibility index (Phi) is 7.12. The van der Waals surface area contributed by atoms with Crippen molar-refractivity contribution < 1.29 is 23.5 Å². The maximum absolute atomic E-state index is 12.9. The van der Waals surface area contributed by atoms with Crippen molar-refractivity contribution in [2.45, 2.75) is 32.9 Å². The van der Waals surface area contributed by atoms with Gasteiger partial charge in [-0.25, -0.2) is 0 Å². The summed E-state index contributed by atoms with van der Waals surface area (Å²) in [6.07, 6.45) is -0.0644. The molecule has 1 amide bonds. The normalized spacial score (nSPS) is 11.6. The van der Waals surface area contributed by atoms with Crippen LogP contribution in [0.15, 0.2) is 47.0 Å². The fourth-order valence-corrected chi connectivity index (χ4v) is 3.09. The first-order valence-corrected chi connectivity index (χ1v) is 9.99. The molecule has 164 valence electrons. The molecule has 2 aromatic carbocycles. The molecule has 0 bridgehead atoms. The summed E-state index contributed by atoms with van der Waals surface area (Å²) in [5.41, 5.74) is 1.65. The summed E-state index contributed by atoms with van der Waals surface area (Å²) in [7, 11) is 4.83. The van der Waals surface area contributed by atoms with Crippen molar-refractivity contribution in [3.05, 3.63) is 53.9 Å². The Morgan fingerprint density at radius 1 is 1.13 bits per heavy atom. The number of nitrogens with zero attached hydrogens (tertiary/aromatic N) is 3. The quantitative estimate of drug-likeness (QED) is 0.514. The number of hydrogen-bond acceptors (Lipinski definition) is 7. The van der Waals surface area contributed by atoms with E-state index in [0.717, 1.165) is 5.56 Å². The van der Waals surface area contributed by atoms with E-state index in [1.807, 2.05) is 38.1 Å². The zero-order chi connectivity index (χ0) is 22.4. The first-order valence-electron chi connectivity index (χ1n) is 9.99. The Hall–Kier alpha value is -3.55. The van der Waals surface area contributed by atoms with Crippen LogP contribution in [-0.4, -0.2) is 48.3 Å². The van der Waals surface area contributed by atoms with Gasteiger partial charge in [-0.3, -0.25) is 4.79 Å². The van der Waals surface area contributed by atoms with Crippen molar-refractivity contribution >= 4 is 5.91 Å². The first-order chi connectivity index (χ1) is 15.0. The number of hydrogen-bond donors (Lipinski definition) is 0. The number of amides is 1. The summed E-state index contributed by atoms with van der Waals surface area (Å²) in [5, 5.41) is 4.03. The van der Waals surface area contributed by atoms with Gasteiger partial charge in [0.2, 0.25) is 11.7 Å². The summed E-state index contributed by atoms with van der Waals surface area (Å²) in [6, 6.07) is 13.0. The van der Waals surface area contributed by atoms with Gasteiger partial charge in [0, 0.05) is 13.1 Å². The number of aromatic nitrogens is 2. The van der Waals surface area contributed by atoms with Gasteiger partial charge in [0.25, 0.3) is 5.91 Å². The molecular formula is C23H27N3O5. The Labute approximate surface area is 181 Å². The van der Waals surface area contributed by atoms with E-state index in [0.29, 0.717) is 40.9 Å². The number of para-hydroxylation sites is 1. The van der Waals surface area contributed by atoms with E-state index in [2.05, 4.69) is 10.1 Å². The van der Waals surface area contributed by atoms with Crippen LogP contribution in [0.3, 0.4) is 0 Å². The lowest BCUT2D eigenvalue weighted by Gasteiger charge is -2.23. The predicted octanol–water partition coefficient (Wildman–Crippen LogP) is 3.88. The van der Waals surface area contributed by atoms with Gasteiger partial charge in [-0.1, -0.05) is 30.3 Å². The van der Waals surface area contributed by atoms with Gasteiger partial charge in [0.1, 0.15) is 17.2 Å². The Balaban J connectivity index is 1.71. The molecule has 1 heterocycles. The second kappa shape index (κ2) is 9.97. The smallest absolute Gasteiger partial charge is 0.263 e. The summed E-state index contributed by atoms with van der Waals surface area (Å²) in [5.74, 6) is 2.45. The van der Waals surface area contributed by atoms with Gasteiger partial charge in [0.05, 0.1) is 26.3 Å². The molecule has 3 aromatic rings. The van der Waals surface area contributed by atoms with Crippen LogP contribution >= 0.6 is 0 Å². The lowest BCUT2D eigenvalue weighted by atomic mass is 10.2. The van der Waals surface area contributed by atoms with Gasteiger partial charge in [0.15, 0.2) is 6.10 Å². The molecule has 8 heteroatoms. The van der Waals surface area contributed by atoms with E-state index >= 15 is 0 Å². The van der Waals surface area contributed by atoms with Crippen LogP contribution in [0, 0.1) is 6.92 Å². The second-order valence-corrected chi connectivity index (χ2v) is 7.05. The average molecular weight is 425 g/mol. The van der Waals surface area contributed by atoms with Crippen LogP contribution in [0.5, 0.6) is 17.2 Å². The van der Waals surface area contributed by atoms with Crippen molar-refractivity contribution in [2.75, 3.05) is 21.3 Å². The average Bonchev–Trinajstić information content (AvgIpc) is 3.25. The number of carbonyl (C=O) groups is 1. The number of carbonyl (C=O) groups excluding carboxylic acids is 1. The van der Waals surface area contributed by atoms with E-state index in [1.54, 1.807) is 39.5 Å². The molecule has 8 nitrogen and oxygen atoms in total. The fraction of sp³-hybridized carbons (Fsp3) is 0.348. The molecule has 0 aliphatic rings. The van der Waals surface area contributed by atoms with Crippen LogP contribution in [0.2, 0.25) is 0 Å². The zero-order valence-corrected chi connectivity index (χ0v) is 18.4. The highest BCUT2D eigenvalue weighted by Gasteiger charge is 2.25. The lowest BCUT2D eigenvalue weighted by Crippen LogP contribution is -2.39. The zero-order valence-electron chi connectivity index (χ0n) is 18.4. The molecule has 0 aliphatic carbocycles. The number of methoxy groups -OCH3 is 2. The monoisotopic (exact) mass is 425 g/mol. The van der Waals surface area contributed by atoms with Gasteiger partial charge in [-0.05, 0) is 37.1 Å². The van der Waals surface area contributed by atoms with Gasteiger partial charge >= 0.3 is 0 Å². The predicted molar refractivity (Wildman–Crippen MR) is 115 cm³/mol. The molecule has 0 N–H and O–H groups in total. The molecule has 0 spiro atoms. The number of rotatable bonds is 9. The highest BCUT2D eigenvalue weighted by Crippen LogP contribution is 2.31. The maximum Gasteiger partial charge on any atom is 0.263 e. The third-order valence-electron chi connectivity index (χ3n) is 4.88. The minimum absolute atomic E-state index is 0.160. The molecule has 3 rings (SSSR count). The fourth-order valence-electron chi connectivity index (χ4n) is 3.09. The molecule has 0 saturated carbocycles. The summed E-state index contributed by atoms with van der Waals surface area (Å²) in [4.78, 5) is 18.9. The molecular weight excluding hydrogens is 398 g/mol. The topological polar surface area (TPSA) is 86.9 Å². The van der Waals surface area contributed by atoms with Crippen molar-refractivity contribution in [1.29, 1.82) is 0 Å². The van der Waals surface area contributed by atoms with E-state index in [-0.39, 0.29) is 12.5 Å². The number of ether oxygens (including phenoxy) is 3. The Morgan fingerprint density at radius 2 is 1.90 bits per heavy atom. The highest BCUT2D eigenvalue weighted by molar-refractivity contribution is 5.81. The third kappa shape index (κ3) is 5.14. The number of likely N-dealkylation sites (N-methyl/N-ethyl adjacent to an activating group) is 1. The minimum atomic E-state index is -0.602. The van der Waals surface area contributed by atoms with Gasteiger partial charge < -0.3 is 23.6 Å². The molecule has 1 atom stereocenters. The van der Waals surface area contributed by atoms with E-state index in [4.69, 9.17) is 18.7 Å². The van der Waals surface area contributed by atoms with Crippen molar-refractivity contribution in [3.8, 4) is 28.6 Å². The largest absolute Gasteiger partial charge is 0.497 e. The molecule has 0 unspecified atom stereocenters. The highest BCUT2D eigenvalue weighted by atomic mass is 16.5. The Bertz CT molecular complexity index is 1030. The minimum Gasteiger partial charge on any atom is -0.497 e. The van der Waals surface area contributed by atoms with Crippen LogP contribution < -0.4 is 14.2 Å². The SMILES string of the molecule is CC[C@H](Oc1ccccc1C)C(=O)N(C)Cc1nc(-c2ccc(OC)cc2OC)no1. The molecule has 0 radical (unpaired) electrons. The van der Waals surface area contributed by atoms with E-state index < -0.39 is 6.10 Å². The maximum atomic E-state index is 12.9. The van der Waals surface area contributed by atoms with Gasteiger partial charge in [-0.2, -0.15) is 4.98 Å². The van der Waals surface area contributed by atoms with Gasteiger partial charge in [-0.15, -0.1) is 0 Å².